The van der Waals surface area contributed by atoms with Crippen LogP contribution in [0.15, 0.2) is 51.6 Å². The molecule has 0 radical (unpaired) electrons. The van der Waals surface area contributed by atoms with E-state index in [-0.39, 0.29) is 11.4 Å². The Bertz CT molecular complexity index is 708. The molecule has 0 saturated heterocycles. The van der Waals surface area contributed by atoms with Crippen molar-refractivity contribution in [2.24, 2.45) is 4.99 Å². The molecule has 0 N–H and O–H groups in total. The fraction of sp³-hybridized carbons (Fsp3) is 0.375. The van der Waals surface area contributed by atoms with E-state index < -0.39 is 0 Å². The molecule has 0 aromatic heterocycles. The van der Waals surface area contributed by atoms with Crippen molar-refractivity contribution in [3.05, 3.63) is 46.6 Å². The summed E-state index contributed by atoms with van der Waals surface area (Å²) in [7, 11) is 0. The van der Waals surface area contributed by atoms with Crippen LogP contribution in [0.1, 0.15) is 26.2 Å². The van der Waals surface area contributed by atoms with E-state index in [2.05, 4.69) is 16.0 Å². The number of hydrogen-bond donors (Lipinski definition) is 0. The number of aliphatic imine (C=N–C) groups is 1. The van der Waals surface area contributed by atoms with Gasteiger partial charge in [-0.1, -0.05) is 6.08 Å². The maximum atomic E-state index is 14.4. The second-order valence-electron chi connectivity index (χ2n) is 5.70. The summed E-state index contributed by atoms with van der Waals surface area (Å²) < 4.78 is 14.4. The highest BCUT2D eigenvalue weighted by atomic mass is 19.1. The number of rotatable bonds is 0. The quantitative estimate of drug-likeness (QED) is 0.676. The molecule has 3 nitrogen and oxygen atoms in total. The molecule has 0 unspecified atom stereocenters. The van der Waals surface area contributed by atoms with Crippen LogP contribution in [0, 0.1) is 11.3 Å². The Balaban J connectivity index is 2.04. The molecule has 0 aromatic rings. The first-order valence-corrected chi connectivity index (χ1v) is 6.92. The predicted molar refractivity (Wildman–Crippen MR) is 74.4 cm³/mol. The topological polar surface area (TPSA) is 39.4 Å². The number of hydrogen-bond acceptors (Lipinski definition) is 3. The Morgan fingerprint density at radius 1 is 1.50 bits per heavy atom. The van der Waals surface area contributed by atoms with Crippen molar-refractivity contribution in [2.75, 3.05) is 6.54 Å². The minimum atomic E-state index is -0.164. The van der Waals surface area contributed by atoms with Crippen LogP contribution in [0.4, 0.5) is 4.39 Å². The van der Waals surface area contributed by atoms with Gasteiger partial charge in [-0.15, -0.1) is 0 Å². The zero-order valence-corrected chi connectivity index (χ0v) is 11.3. The zero-order chi connectivity index (χ0) is 13.9. The maximum Gasteiger partial charge on any atom is 0.125 e. The molecule has 0 amide bonds. The summed E-state index contributed by atoms with van der Waals surface area (Å²) in [6.07, 6.45) is 8.39. The zero-order valence-electron chi connectivity index (χ0n) is 11.3. The highest BCUT2D eigenvalue weighted by Gasteiger charge is 2.51. The van der Waals surface area contributed by atoms with E-state index in [1.807, 2.05) is 19.2 Å². The monoisotopic (exact) mass is 267 g/mol. The Hall–Kier alpha value is -2.15. The van der Waals surface area contributed by atoms with E-state index in [1.165, 1.54) is 0 Å². The molecule has 1 spiro atoms. The molecule has 1 saturated carbocycles. The molecule has 2 bridgehead atoms. The molecule has 0 atom stereocenters. The molecular formula is C16H14FN3. The average molecular weight is 267 g/mol. The van der Waals surface area contributed by atoms with E-state index in [0.29, 0.717) is 29.8 Å². The number of nitrogens with zero attached hydrogens (tertiary/aromatic N) is 3. The Morgan fingerprint density at radius 2 is 2.30 bits per heavy atom. The van der Waals surface area contributed by atoms with Gasteiger partial charge < -0.3 is 4.90 Å². The van der Waals surface area contributed by atoms with Crippen molar-refractivity contribution in [3.63, 3.8) is 0 Å². The number of allylic oxidation sites excluding steroid dienone is 3. The first-order valence-electron chi connectivity index (χ1n) is 6.92. The van der Waals surface area contributed by atoms with E-state index in [4.69, 9.17) is 0 Å². The van der Waals surface area contributed by atoms with Crippen LogP contribution >= 0.6 is 0 Å². The van der Waals surface area contributed by atoms with Gasteiger partial charge in [0.05, 0.1) is 17.8 Å². The van der Waals surface area contributed by atoms with Crippen molar-refractivity contribution < 1.29 is 4.39 Å². The van der Waals surface area contributed by atoms with E-state index in [1.54, 1.807) is 6.08 Å². The van der Waals surface area contributed by atoms with Crippen LogP contribution in [-0.4, -0.2) is 22.7 Å². The number of nitriles is 1. The van der Waals surface area contributed by atoms with Crippen molar-refractivity contribution in [1.82, 2.24) is 4.90 Å². The van der Waals surface area contributed by atoms with Crippen molar-refractivity contribution >= 4 is 5.71 Å². The average Bonchev–Trinajstić information content (AvgIpc) is 3.14. The second kappa shape index (κ2) is 3.69. The lowest BCUT2D eigenvalue weighted by Crippen LogP contribution is -2.38. The highest BCUT2D eigenvalue weighted by molar-refractivity contribution is 6.20. The van der Waals surface area contributed by atoms with Gasteiger partial charge in [-0.3, -0.25) is 4.99 Å². The summed E-state index contributed by atoms with van der Waals surface area (Å²) in [5.74, 6) is -0.164. The lowest BCUT2D eigenvalue weighted by Gasteiger charge is -2.38. The second-order valence-corrected chi connectivity index (χ2v) is 5.70. The van der Waals surface area contributed by atoms with Gasteiger partial charge in [-0.25, -0.2) is 4.39 Å². The molecule has 1 aliphatic carbocycles. The van der Waals surface area contributed by atoms with Gasteiger partial charge in [-0.2, -0.15) is 5.26 Å². The molecule has 4 rings (SSSR count). The van der Waals surface area contributed by atoms with Crippen LogP contribution < -0.4 is 0 Å². The summed E-state index contributed by atoms with van der Waals surface area (Å²) in [4.78, 5) is 6.58. The standard InChI is InChI=1S/C16H14FN3/c1-2-13-14-11-8-19-15(14)10(7-18)9-20(13)16(5-6-16)4-3-12(11)17/h2-3,9H,4-6,8H2,1H3/b12-3+,13-2-. The summed E-state index contributed by atoms with van der Waals surface area (Å²) in [5.41, 5.74) is 3.65. The number of fused-ring (bicyclic) bond motifs is 2. The third kappa shape index (κ3) is 1.30. The third-order valence-electron chi connectivity index (χ3n) is 4.64. The molecule has 4 aliphatic rings. The summed E-state index contributed by atoms with van der Waals surface area (Å²) in [6.45, 7) is 2.30. The van der Waals surface area contributed by atoms with Crippen LogP contribution in [0.3, 0.4) is 0 Å². The fourth-order valence-electron chi connectivity index (χ4n) is 3.38. The smallest absolute Gasteiger partial charge is 0.125 e. The van der Waals surface area contributed by atoms with E-state index in [0.717, 1.165) is 24.1 Å². The Kier molecular flexibility index (Phi) is 2.15. The van der Waals surface area contributed by atoms with E-state index in [9.17, 15) is 9.65 Å². The first kappa shape index (κ1) is 11.7. The molecule has 3 heterocycles. The highest BCUT2D eigenvalue weighted by Crippen LogP contribution is 2.52. The molecule has 0 aromatic carbocycles. The fourth-order valence-corrected chi connectivity index (χ4v) is 3.38. The SMILES string of the molecule is C/C=C1C2=C3CN=C2C(C#N)=CN/1C1(C/C=C\3F)CC1. The van der Waals surface area contributed by atoms with Gasteiger partial charge in [0, 0.05) is 28.6 Å². The van der Waals surface area contributed by atoms with Gasteiger partial charge in [-0.05, 0) is 32.3 Å². The van der Waals surface area contributed by atoms with E-state index >= 15 is 0 Å². The van der Waals surface area contributed by atoms with Gasteiger partial charge in [0.2, 0.25) is 0 Å². The molecule has 20 heavy (non-hydrogen) atoms. The largest absolute Gasteiger partial charge is 0.340 e. The lowest BCUT2D eigenvalue weighted by molar-refractivity contribution is 0.317. The van der Waals surface area contributed by atoms with Crippen molar-refractivity contribution in [3.8, 4) is 6.07 Å². The maximum absolute atomic E-state index is 14.4. The lowest BCUT2D eigenvalue weighted by atomic mass is 9.89. The number of halogens is 1. The molecular weight excluding hydrogens is 253 g/mol. The van der Waals surface area contributed by atoms with Crippen molar-refractivity contribution in [2.45, 2.75) is 31.7 Å². The molecule has 3 aliphatic heterocycles. The van der Waals surface area contributed by atoms with Crippen LogP contribution in [0.2, 0.25) is 0 Å². The normalized spacial score (nSPS) is 30.4. The Morgan fingerprint density at radius 3 is 2.95 bits per heavy atom. The third-order valence-corrected chi connectivity index (χ3v) is 4.64. The van der Waals surface area contributed by atoms with Gasteiger partial charge in [0.15, 0.2) is 0 Å². The molecule has 100 valence electrons. The Labute approximate surface area is 117 Å². The van der Waals surface area contributed by atoms with Crippen LogP contribution in [-0.2, 0) is 0 Å². The van der Waals surface area contributed by atoms with Gasteiger partial charge in [0.1, 0.15) is 11.9 Å². The first-order chi connectivity index (χ1) is 9.70. The molecule has 1 fully saturated rings. The minimum absolute atomic E-state index is 0.0338. The van der Waals surface area contributed by atoms with Crippen LogP contribution in [0.5, 0.6) is 0 Å². The molecule has 4 heteroatoms. The van der Waals surface area contributed by atoms with Crippen molar-refractivity contribution in [1.29, 1.82) is 5.26 Å². The summed E-state index contributed by atoms with van der Waals surface area (Å²) in [6, 6.07) is 2.22. The summed E-state index contributed by atoms with van der Waals surface area (Å²) >= 11 is 0. The predicted octanol–water partition coefficient (Wildman–Crippen LogP) is 3.15. The minimum Gasteiger partial charge on any atom is -0.340 e. The summed E-state index contributed by atoms with van der Waals surface area (Å²) in [5, 5.41) is 9.37. The van der Waals surface area contributed by atoms with Gasteiger partial charge >= 0.3 is 0 Å². The van der Waals surface area contributed by atoms with Crippen LogP contribution in [0.25, 0.3) is 0 Å². The van der Waals surface area contributed by atoms with Gasteiger partial charge in [0.25, 0.3) is 0 Å².